The van der Waals surface area contributed by atoms with Crippen LogP contribution in [0.15, 0.2) is 173 Å². The number of furan rings is 1. The first-order chi connectivity index (χ1) is 27.3. The molecule has 5 nitrogen and oxygen atoms in total. The molecular weight excluding hydrogens is 695 g/mol. The smallest absolute Gasteiger partial charge is 0.227 e. The highest BCUT2D eigenvalue weighted by Gasteiger charge is 2.26. The molecule has 0 fully saturated rings. The van der Waals surface area contributed by atoms with E-state index in [2.05, 4.69) is 131 Å². The van der Waals surface area contributed by atoms with E-state index in [1.54, 1.807) is 0 Å². The molecule has 7 aromatic carbocycles. The quantitative estimate of drug-likeness (QED) is 0.177. The molecule has 0 radical (unpaired) electrons. The number of anilines is 3. The van der Waals surface area contributed by atoms with E-state index in [4.69, 9.17) is 13.8 Å². The van der Waals surface area contributed by atoms with Crippen LogP contribution in [0.4, 0.5) is 17.1 Å². The van der Waals surface area contributed by atoms with Gasteiger partial charge in [0.05, 0.1) is 27.8 Å². The van der Waals surface area contributed by atoms with Gasteiger partial charge < -0.3 is 18.3 Å². The molecule has 4 aromatic heterocycles. The lowest BCUT2D eigenvalue weighted by Crippen LogP contribution is -2.12. The van der Waals surface area contributed by atoms with Gasteiger partial charge in [-0.25, -0.2) is 4.98 Å². The van der Waals surface area contributed by atoms with Crippen LogP contribution in [0.5, 0.6) is 0 Å². The zero-order valence-electron chi connectivity index (χ0n) is 29.6. The van der Waals surface area contributed by atoms with Gasteiger partial charge in [-0.3, -0.25) is 0 Å². The van der Waals surface area contributed by atoms with Crippen molar-refractivity contribution in [2.45, 2.75) is 12.8 Å². The molecule has 1 aliphatic carbocycles. The minimum absolute atomic E-state index is 0.600. The number of fused-ring (bicyclic) bond motifs is 11. The van der Waals surface area contributed by atoms with Gasteiger partial charge >= 0.3 is 0 Å². The Labute approximate surface area is 319 Å². The Morgan fingerprint density at radius 2 is 1.42 bits per heavy atom. The van der Waals surface area contributed by atoms with Crippen LogP contribution < -0.4 is 4.90 Å². The Balaban J connectivity index is 1.15. The van der Waals surface area contributed by atoms with Gasteiger partial charge in [-0.2, -0.15) is 0 Å². The van der Waals surface area contributed by atoms with E-state index in [1.165, 1.54) is 47.7 Å². The molecule has 0 saturated heterocycles. The lowest BCUT2D eigenvalue weighted by molar-refractivity contribution is 0.622. The summed E-state index contributed by atoms with van der Waals surface area (Å²) in [5.41, 5.74) is 11.0. The molecule has 0 N–H and O–H groups in total. The molecule has 12 rings (SSSR count). The van der Waals surface area contributed by atoms with Crippen molar-refractivity contribution in [2.75, 3.05) is 4.90 Å². The summed E-state index contributed by atoms with van der Waals surface area (Å²) in [6.07, 6.45) is 8.71. The van der Waals surface area contributed by atoms with Crippen LogP contribution in [-0.4, -0.2) is 9.55 Å². The summed E-state index contributed by atoms with van der Waals surface area (Å²) in [4.78, 5) is 7.31. The van der Waals surface area contributed by atoms with Crippen molar-refractivity contribution in [3.8, 4) is 11.5 Å². The minimum Gasteiger partial charge on any atom is -0.456 e. The number of oxazole rings is 1. The van der Waals surface area contributed by atoms with Crippen LogP contribution >= 0.6 is 11.3 Å². The molecule has 6 heteroatoms. The van der Waals surface area contributed by atoms with E-state index in [9.17, 15) is 0 Å². The van der Waals surface area contributed by atoms with Crippen LogP contribution in [0.1, 0.15) is 12.8 Å². The number of benzene rings is 7. The van der Waals surface area contributed by atoms with Gasteiger partial charge in [0, 0.05) is 59.3 Å². The first-order valence-corrected chi connectivity index (χ1v) is 19.5. The maximum absolute atomic E-state index is 6.70. The molecule has 11 aromatic rings. The predicted molar refractivity (Wildman–Crippen MR) is 230 cm³/mol. The van der Waals surface area contributed by atoms with E-state index in [-0.39, 0.29) is 0 Å². The number of allylic oxidation sites excluding steroid dienone is 4. The zero-order chi connectivity index (χ0) is 36.0. The molecule has 0 bridgehead atoms. The first kappa shape index (κ1) is 30.6. The normalized spacial score (nSPS) is 13.3. The van der Waals surface area contributed by atoms with E-state index in [0.717, 1.165) is 68.5 Å². The maximum Gasteiger partial charge on any atom is 0.227 e. The highest BCUT2D eigenvalue weighted by atomic mass is 32.1. The van der Waals surface area contributed by atoms with Gasteiger partial charge in [0.25, 0.3) is 0 Å². The summed E-state index contributed by atoms with van der Waals surface area (Å²) in [5, 5.41) is 6.89. The summed E-state index contributed by atoms with van der Waals surface area (Å²) in [5.74, 6) is 0.600. The predicted octanol–water partition coefficient (Wildman–Crippen LogP) is 14.5. The molecule has 0 amide bonds. The third kappa shape index (κ3) is 4.55. The van der Waals surface area contributed by atoms with Crippen LogP contribution in [0.25, 0.3) is 92.2 Å². The monoisotopic (exact) mass is 725 g/mol. The fraction of sp³-hybridized carbons (Fsp3) is 0.0408. The van der Waals surface area contributed by atoms with Crippen molar-refractivity contribution < 1.29 is 8.83 Å². The average Bonchev–Trinajstić information content (AvgIpc) is 4.02. The fourth-order valence-corrected chi connectivity index (χ4v) is 9.81. The molecule has 55 heavy (non-hydrogen) atoms. The lowest BCUT2D eigenvalue weighted by Gasteiger charge is -2.28. The SMILES string of the molecule is C1=CCCC(n2c3ccccc3c3cccc(N(c4ccc5c(c4)oc4ccc6nc(-c7ccccc7)oc6c45)c4cccc5sc6ccccc6c45)c32)=C1. The summed E-state index contributed by atoms with van der Waals surface area (Å²) in [6.45, 7) is 0. The number of aromatic nitrogens is 2. The number of nitrogens with zero attached hydrogens (tertiary/aromatic N) is 3. The number of para-hydroxylation sites is 2. The van der Waals surface area contributed by atoms with E-state index in [0.29, 0.717) is 5.89 Å². The molecule has 260 valence electrons. The molecule has 0 atom stereocenters. The van der Waals surface area contributed by atoms with E-state index in [1.807, 2.05) is 53.8 Å². The standard InChI is InChI=1S/C49H31N3O2S/c1-3-13-30(14-4-1)49-50-37-27-28-41-46(48(37)54-49)35-26-25-32(29-42(35)53-41)51(39-21-12-24-44-45(39)36-18-8-10-23-43(36)55-44)40-22-11-19-34-33-17-7-9-20-38(33)52(47(34)40)31-15-5-2-6-16-31/h1-5,7-15,17-29H,6,16H2. The molecule has 0 unspecified atom stereocenters. The Morgan fingerprint density at radius 3 is 2.33 bits per heavy atom. The van der Waals surface area contributed by atoms with Crippen molar-refractivity contribution in [1.29, 1.82) is 0 Å². The van der Waals surface area contributed by atoms with Crippen LogP contribution in [-0.2, 0) is 0 Å². The summed E-state index contributed by atoms with van der Waals surface area (Å²) in [7, 11) is 0. The second-order valence-electron chi connectivity index (χ2n) is 14.2. The molecule has 0 spiro atoms. The Kier molecular flexibility index (Phi) is 6.56. The third-order valence-corrected chi connectivity index (χ3v) is 12.2. The van der Waals surface area contributed by atoms with Gasteiger partial charge in [0.2, 0.25) is 5.89 Å². The Hall–Kier alpha value is -6.89. The van der Waals surface area contributed by atoms with Crippen molar-refractivity contribution in [3.63, 3.8) is 0 Å². The lowest BCUT2D eigenvalue weighted by atomic mass is 10.1. The number of thiophene rings is 1. The van der Waals surface area contributed by atoms with Crippen molar-refractivity contribution in [3.05, 3.63) is 164 Å². The van der Waals surface area contributed by atoms with E-state index >= 15 is 0 Å². The second-order valence-corrected chi connectivity index (χ2v) is 15.3. The van der Waals surface area contributed by atoms with Crippen LogP contribution in [0, 0.1) is 0 Å². The highest BCUT2D eigenvalue weighted by molar-refractivity contribution is 7.26. The summed E-state index contributed by atoms with van der Waals surface area (Å²) in [6, 6.07) is 51.6. The second kappa shape index (κ2) is 11.8. The molecule has 1 aliphatic rings. The largest absolute Gasteiger partial charge is 0.456 e. The molecule has 4 heterocycles. The average molecular weight is 726 g/mol. The van der Waals surface area contributed by atoms with Gasteiger partial charge in [-0.05, 0) is 85.6 Å². The van der Waals surface area contributed by atoms with Crippen molar-refractivity contribution in [2.24, 2.45) is 0 Å². The molecule has 0 aliphatic heterocycles. The maximum atomic E-state index is 6.70. The summed E-state index contributed by atoms with van der Waals surface area (Å²) < 4.78 is 18.2. The highest BCUT2D eigenvalue weighted by Crippen LogP contribution is 2.49. The van der Waals surface area contributed by atoms with Crippen molar-refractivity contribution >= 4 is 109 Å². The van der Waals surface area contributed by atoms with Gasteiger partial charge in [0.1, 0.15) is 16.7 Å². The van der Waals surface area contributed by atoms with Gasteiger partial charge in [-0.15, -0.1) is 11.3 Å². The first-order valence-electron chi connectivity index (χ1n) is 18.7. The summed E-state index contributed by atoms with van der Waals surface area (Å²) >= 11 is 1.84. The topological polar surface area (TPSA) is 47.3 Å². The molecular formula is C49H31N3O2S. The Bertz CT molecular complexity index is 3400. The minimum atomic E-state index is 0.600. The fourth-order valence-electron chi connectivity index (χ4n) is 8.68. The number of rotatable bonds is 5. The van der Waals surface area contributed by atoms with Crippen molar-refractivity contribution in [1.82, 2.24) is 9.55 Å². The molecule has 0 saturated carbocycles. The third-order valence-electron chi connectivity index (χ3n) is 11.1. The number of hydrogen-bond donors (Lipinski definition) is 0. The number of hydrogen-bond acceptors (Lipinski definition) is 5. The zero-order valence-corrected chi connectivity index (χ0v) is 30.4. The van der Waals surface area contributed by atoms with Gasteiger partial charge in [-0.1, -0.05) is 84.9 Å². The van der Waals surface area contributed by atoms with E-state index < -0.39 is 0 Å². The van der Waals surface area contributed by atoms with Crippen LogP contribution in [0.3, 0.4) is 0 Å². The van der Waals surface area contributed by atoms with Crippen LogP contribution in [0.2, 0.25) is 0 Å². The Morgan fingerprint density at radius 1 is 0.618 bits per heavy atom. The van der Waals surface area contributed by atoms with Gasteiger partial charge in [0.15, 0.2) is 5.58 Å².